The van der Waals surface area contributed by atoms with Crippen molar-refractivity contribution in [1.82, 2.24) is 4.57 Å². The number of hydrogen-bond acceptors (Lipinski definition) is 6. The number of ether oxygens (including phenoxy) is 2. The van der Waals surface area contributed by atoms with E-state index in [1.54, 1.807) is 22.8 Å². The molecule has 0 fully saturated rings. The molecule has 2 atom stereocenters. The second-order valence-electron chi connectivity index (χ2n) is 10.5. The fourth-order valence-corrected chi connectivity index (χ4v) is 4.56. The van der Waals surface area contributed by atoms with Gasteiger partial charge in [-0.15, -0.1) is 0 Å². The third kappa shape index (κ3) is 5.26. The van der Waals surface area contributed by atoms with Gasteiger partial charge in [-0.3, -0.25) is 9.59 Å². The van der Waals surface area contributed by atoms with Crippen molar-refractivity contribution in [2.75, 3.05) is 0 Å². The highest BCUT2D eigenvalue weighted by molar-refractivity contribution is 6.48. The van der Waals surface area contributed by atoms with Crippen LogP contribution in [-0.2, 0) is 26.0 Å². The Balaban J connectivity index is 2.35. The van der Waals surface area contributed by atoms with E-state index in [0.29, 0.717) is 22.4 Å². The van der Waals surface area contributed by atoms with Gasteiger partial charge in [0.15, 0.2) is 6.10 Å². The highest BCUT2D eigenvalue weighted by atomic mass is 28.3. The fraction of sp³-hybridized carbons (Fsp3) is 0.500. The number of benzene rings is 1. The van der Waals surface area contributed by atoms with Gasteiger partial charge in [0.25, 0.3) is 5.56 Å². The van der Waals surface area contributed by atoms with Crippen LogP contribution in [-0.4, -0.2) is 31.3 Å². The van der Waals surface area contributed by atoms with Gasteiger partial charge in [-0.2, -0.15) is 5.26 Å². The van der Waals surface area contributed by atoms with Crippen LogP contribution in [0.3, 0.4) is 0 Å². The van der Waals surface area contributed by atoms with Gasteiger partial charge in [0.1, 0.15) is 17.4 Å². The zero-order valence-electron chi connectivity index (χ0n) is 21.2. The lowest BCUT2D eigenvalue weighted by Gasteiger charge is -2.44. The summed E-state index contributed by atoms with van der Waals surface area (Å²) >= 11 is 0. The van der Waals surface area contributed by atoms with E-state index in [-0.39, 0.29) is 17.6 Å². The molecule has 7 nitrogen and oxygen atoms in total. The van der Waals surface area contributed by atoms with Gasteiger partial charge in [0.2, 0.25) is 9.04 Å². The first-order valence-electron chi connectivity index (χ1n) is 11.3. The summed E-state index contributed by atoms with van der Waals surface area (Å²) in [5.41, 5.74) is 1.17. The predicted molar refractivity (Wildman–Crippen MR) is 131 cm³/mol. The van der Waals surface area contributed by atoms with E-state index >= 15 is 0 Å². The summed E-state index contributed by atoms with van der Waals surface area (Å²) in [5.74, 6) is 0.0789. The van der Waals surface area contributed by atoms with Gasteiger partial charge in [-0.05, 0) is 62.2 Å². The van der Waals surface area contributed by atoms with Gasteiger partial charge in [0.05, 0.1) is 18.2 Å². The van der Waals surface area contributed by atoms with Gasteiger partial charge < -0.3 is 18.5 Å². The van der Waals surface area contributed by atoms with Gasteiger partial charge in [-0.25, -0.2) is 0 Å². The number of fused-ring (bicyclic) bond motifs is 1. The smallest absolute Gasteiger partial charge is 0.303 e. The highest BCUT2D eigenvalue weighted by Crippen LogP contribution is 2.43. The molecule has 0 aliphatic carbocycles. The van der Waals surface area contributed by atoms with Crippen LogP contribution in [0.2, 0.25) is 13.1 Å². The number of aromatic nitrogens is 1. The summed E-state index contributed by atoms with van der Waals surface area (Å²) in [6, 6.07) is 8.49. The normalized spacial score (nSPS) is 19.2. The molecule has 0 bridgehead atoms. The number of nitrogens with zero attached hydrogens (tertiary/aromatic N) is 2. The van der Waals surface area contributed by atoms with E-state index in [1.807, 2.05) is 39.2 Å². The summed E-state index contributed by atoms with van der Waals surface area (Å²) in [5, 5.41) is 9.52. The summed E-state index contributed by atoms with van der Waals surface area (Å²) in [6.45, 7) is 15.5. The molecule has 0 saturated heterocycles. The van der Waals surface area contributed by atoms with Gasteiger partial charge in [-0.1, -0.05) is 20.8 Å². The summed E-state index contributed by atoms with van der Waals surface area (Å²) < 4.78 is 19.5. The average Bonchev–Trinajstić information content (AvgIpc) is 2.72. The molecule has 0 spiro atoms. The maximum Gasteiger partial charge on any atom is 0.303 e. The van der Waals surface area contributed by atoms with Crippen LogP contribution in [0.1, 0.15) is 69.8 Å². The Morgan fingerprint density at radius 3 is 2.50 bits per heavy atom. The molecular formula is C26H33N2O5Si. The van der Waals surface area contributed by atoms with E-state index in [1.165, 1.54) is 6.92 Å². The number of carbonyl (C=O) groups is 1. The van der Waals surface area contributed by atoms with Crippen molar-refractivity contribution in [2.45, 2.75) is 84.4 Å². The molecule has 1 aromatic heterocycles. The third-order valence-corrected chi connectivity index (χ3v) is 6.62. The second kappa shape index (κ2) is 9.39. The van der Waals surface area contributed by atoms with Crippen LogP contribution in [0.5, 0.6) is 5.75 Å². The number of rotatable bonds is 5. The molecule has 1 radical (unpaired) electrons. The monoisotopic (exact) mass is 481 g/mol. The number of pyridine rings is 1. The molecule has 0 unspecified atom stereocenters. The minimum absolute atomic E-state index is 0.208. The molecule has 0 N–H and O–H groups in total. The zero-order valence-corrected chi connectivity index (χ0v) is 22.2. The lowest BCUT2D eigenvalue weighted by Crippen LogP contribution is -2.54. The lowest BCUT2D eigenvalue weighted by molar-refractivity contribution is -0.163. The van der Waals surface area contributed by atoms with Crippen LogP contribution < -0.4 is 10.3 Å². The van der Waals surface area contributed by atoms with Crippen molar-refractivity contribution in [2.24, 2.45) is 0 Å². The van der Waals surface area contributed by atoms with Gasteiger partial charge >= 0.3 is 5.97 Å². The quantitative estimate of drug-likeness (QED) is 0.462. The Kier molecular flexibility index (Phi) is 7.11. The summed E-state index contributed by atoms with van der Waals surface area (Å²) in [6.07, 6.45) is 1.03. The number of hydrogen-bond donors (Lipinski definition) is 0. The number of nitriles is 1. The van der Waals surface area contributed by atoms with Crippen molar-refractivity contribution >= 4 is 15.0 Å². The molecule has 0 saturated carbocycles. The van der Waals surface area contributed by atoms with Gasteiger partial charge in [0, 0.05) is 24.2 Å². The largest absolute Gasteiger partial charge is 0.484 e. The molecule has 3 rings (SSSR count). The second-order valence-corrected chi connectivity index (χ2v) is 12.6. The van der Waals surface area contributed by atoms with E-state index in [4.69, 9.17) is 13.9 Å². The molecule has 1 aromatic carbocycles. The number of carbonyl (C=O) groups excluding carboxylic acids is 1. The standard InChI is InChI=1S/C26H33N2O5Si/c1-16(29)32-23-22(20-11-17(13-27)9-10-21(20)33-26(23,5)6)28-14-19(25(2,3)4)12-18(24(28)30)15-31-34(7)8/h9-12,14,22-23H,15H2,1-8H3/t22-,23+/m1/s1. The van der Waals surface area contributed by atoms with Crippen LogP contribution in [0.15, 0.2) is 35.3 Å². The van der Waals surface area contributed by atoms with E-state index < -0.39 is 32.8 Å². The molecule has 1 aliphatic heterocycles. The maximum absolute atomic E-state index is 13.8. The Morgan fingerprint density at radius 2 is 1.94 bits per heavy atom. The predicted octanol–water partition coefficient (Wildman–Crippen LogP) is 4.48. The van der Waals surface area contributed by atoms with Crippen molar-refractivity contribution < 1.29 is 18.7 Å². The Morgan fingerprint density at radius 1 is 1.26 bits per heavy atom. The highest BCUT2D eigenvalue weighted by Gasteiger charge is 2.48. The Hall–Kier alpha value is -2.89. The van der Waals surface area contributed by atoms with E-state index in [9.17, 15) is 14.9 Å². The van der Waals surface area contributed by atoms with Crippen LogP contribution in [0, 0.1) is 11.3 Å². The Labute approximate surface area is 203 Å². The first-order valence-corrected chi connectivity index (χ1v) is 13.7. The minimum atomic E-state index is -1.01. The van der Waals surface area contributed by atoms with Crippen molar-refractivity contribution in [3.8, 4) is 11.8 Å². The fourth-order valence-electron chi connectivity index (χ4n) is 4.11. The molecule has 2 aromatic rings. The van der Waals surface area contributed by atoms with E-state index in [2.05, 4.69) is 26.8 Å². The van der Waals surface area contributed by atoms with Crippen molar-refractivity contribution in [3.63, 3.8) is 0 Å². The SMILES string of the molecule is CC(=O)O[C@H]1[C@H](n2cc(C(C)(C)C)cc(CO[Si](C)C)c2=O)c2cc(C#N)ccc2OC1(C)C. The molecule has 2 heterocycles. The molecule has 34 heavy (non-hydrogen) atoms. The van der Waals surface area contributed by atoms with Crippen molar-refractivity contribution in [1.29, 1.82) is 5.26 Å². The Bertz CT molecular complexity index is 1190. The van der Waals surface area contributed by atoms with E-state index in [0.717, 1.165) is 5.56 Å². The minimum Gasteiger partial charge on any atom is -0.484 e. The van der Waals surface area contributed by atoms with Crippen LogP contribution >= 0.6 is 0 Å². The summed E-state index contributed by atoms with van der Waals surface area (Å²) in [7, 11) is -1.01. The topological polar surface area (TPSA) is 90.5 Å². The van der Waals surface area contributed by atoms with Crippen LogP contribution in [0.25, 0.3) is 0 Å². The average molecular weight is 482 g/mol. The van der Waals surface area contributed by atoms with Crippen LogP contribution in [0.4, 0.5) is 0 Å². The summed E-state index contributed by atoms with van der Waals surface area (Å²) in [4.78, 5) is 25.9. The molecule has 181 valence electrons. The van der Waals surface area contributed by atoms with Crippen molar-refractivity contribution in [3.05, 3.63) is 63.1 Å². The molecular weight excluding hydrogens is 448 g/mol. The molecule has 8 heteroatoms. The third-order valence-electron chi connectivity index (χ3n) is 5.89. The first kappa shape index (κ1) is 25.7. The zero-order chi connectivity index (χ0) is 25.4. The molecule has 1 aliphatic rings. The molecule has 0 amide bonds. The maximum atomic E-state index is 13.8. The lowest BCUT2D eigenvalue weighted by atomic mass is 9.84. The number of esters is 1. The first-order chi connectivity index (χ1) is 15.7.